The maximum absolute atomic E-state index is 8.72. The van der Waals surface area contributed by atoms with Gasteiger partial charge in [0.1, 0.15) is 0 Å². The molecule has 0 aliphatic carbocycles. The van der Waals surface area contributed by atoms with Crippen LogP contribution in [0.15, 0.2) is 10.6 Å². The van der Waals surface area contributed by atoms with Crippen LogP contribution in [0.3, 0.4) is 0 Å². The Bertz CT molecular complexity index is 173. The minimum absolute atomic E-state index is 0.0143. The zero-order chi connectivity index (χ0) is 11.0. The molecule has 0 rings (SSSR count). The lowest BCUT2D eigenvalue weighted by Crippen LogP contribution is -2.27. The maximum atomic E-state index is 8.72. The zero-order valence-electron chi connectivity index (χ0n) is 8.54. The average Bonchev–Trinajstić information content (AvgIpc) is 2.09. The SMILES string of the molecule is CCCCCCCC=C(Br)C(O)(O)O. The molecule has 0 saturated heterocycles. The van der Waals surface area contributed by atoms with Crippen LogP contribution < -0.4 is 0 Å². The van der Waals surface area contributed by atoms with Crippen LogP contribution in [-0.4, -0.2) is 21.3 Å². The number of hydrogen-bond donors (Lipinski definition) is 3. The summed E-state index contributed by atoms with van der Waals surface area (Å²) in [7, 11) is 0. The Balaban J connectivity index is 3.52. The fraction of sp³-hybridized carbons (Fsp3) is 0.800. The van der Waals surface area contributed by atoms with E-state index in [1.54, 1.807) is 6.08 Å². The van der Waals surface area contributed by atoms with Gasteiger partial charge in [0.15, 0.2) is 0 Å². The van der Waals surface area contributed by atoms with Gasteiger partial charge in [0.25, 0.3) is 0 Å². The van der Waals surface area contributed by atoms with E-state index in [4.69, 9.17) is 15.3 Å². The van der Waals surface area contributed by atoms with Crippen LogP contribution in [0.4, 0.5) is 0 Å². The maximum Gasteiger partial charge on any atom is 0.310 e. The lowest BCUT2D eigenvalue weighted by Gasteiger charge is -2.12. The molecule has 0 unspecified atom stereocenters. The minimum Gasteiger partial charge on any atom is -0.339 e. The van der Waals surface area contributed by atoms with Crippen molar-refractivity contribution in [3.05, 3.63) is 10.6 Å². The molecular weight excluding hydrogens is 248 g/mol. The van der Waals surface area contributed by atoms with Crippen molar-refractivity contribution in [3.8, 4) is 0 Å². The van der Waals surface area contributed by atoms with Crippen molar-refractivity contribution in [2.24, 2.45) is 0 Å². The summed E-state index contributed by atoms with van der Waals surface area (Å²) in [6.45, 7) is 2.16. The minimum atomic E-state index is -2.72. The Morgan fingerprint density at radius 3 is 2.21 bits per heavy atom. The Labute approximate surface area is 93.6 Å². The van der Waals surface area contributed by atoms with Crippen LogP contribution >= 0.6 is 15.9 Å². The van der Waals surface area contributed by atoms with Gasteiger partial charge in [0.05, 0.1) is 4.48 Å². The second-order valence-electron chi connectivity index (χ2n) is 3.39. The van der Waals surface area contributed by atoms with Gasteiger partial charge in [-0.15, -0.1) is 0 Å². The molecule has 0 fully saturated rings. The second kappa shape index (κ2) is 7.40. The Hall–Kier alpha value is 0.1000. The summed E-state index contributed by atoms with van der Waals surface area (Å²) in [5.74, 6) is -2.72. The smallest absolute Gasteiger partial charge is 0.310 e. The van der Waals surface area contributed by atoms with E-state index in [0.29, 0.717) is 0 Å². The standard InChI is InChI=1S/C10H19BrO3/c1-2-3-4-5-6-7-8-9(11)10(12,13)14/h8,12-14H,2-7H2,1H3. The molecule has 0 aromatic carbocycles. The number of hydrogen-bond acceptors (Lipinski definition) is 3. The van der Waals surface area contributed by atoms with Crippen LogP contribution in [0, 0.1) is 0 Å². The third-order valence-corrected chi connectivity index (χ3v) is 2.81. The molecule has 0 amide bonds. The third-order valence-electron chi connectivity index (χ3n) is 1.95. The lowest BCUT2D eigenvalue weighted by atomic mass is 10.1. The highest BCUT2D eigenvalue weighted by Crippen LogP contribution is 2.18. The molecule has 84 valence electrons. The molecular formula is C10H19BrO3. The van der Waals surface area contributed by atoms with Crippen LogP contribution in [-0.2, 0) is 0 Å². The van der Waals surface area contributed by atoms with Crippen molar-refractivity contribution in [1.29, 1.82) is 0 Å². The van der Waals surface area contributed by atoms with E-state index in [-0.39, 0.29) is 4.48 Å². The predicted molar refractivity (Wildman–Crippen MR) is 59.8 cm³/mol. The molecule has 0 radical (unpaired) electrons. The van der Waals surface area contributed by atoms with Crippen molar-refractivity contribution >= 4 is 15.9 Å². The molecule has 0 aromatic heterocycles. The average molecular weight is 267 g/mol. The first-order valence-electron chi connectivity index (χ1n) is 5.01. The highest BCUT2D eigenvalue weighted by atomic mass is 79.9. The number of unbranched alkanes of at least 4 members (excludes halogenated alkanes) is 5. The molecule has 3 nitrogen and oxygen atoms in total. The number of aliphatic hydroxyl groups is 3. The van der Waals surface area contributed by atoms with Gasteiger partial charge >= 0.3 is 5.97 Å². The van der Waals surface area contributed by atoms with Crippen LogP contribution in [0.2, 0.25) is 0 Å². The van der Waals surface area contributed by atoms with Crippen molar-refractivity contribution in [2.45, 2.75) is 51.4 Å². The van der Waals surface area contributed by atoms with E-state index in [1.807, 2.05) is 0 Å². The van der Waals surface area contributed by atoms with Crippen molar-refractivity contribution in [1.82, 2.24) is 0 Å². The van der Waals surface area contributed by atoms with Gasteiger partial charge in [-0.1, -0.05) is 38.7 Å². The summed E-state index contributed by atoms with van der Waals surface area (Å²) in [5, 5.41) is 26.2. The molecule has 0 bridgehead atoms. The molecule has 0 atom stereocenters. The summed E-state index contributed by atoms with van der Waals surface area (Å²) in [6.07, 6.45) is 8.15. The molecule has 0 spiro atoms. The van der Waals surface area contributed by atoms with Crippen molar-refractivity contribution in [2.75, 3.05) is 0 Å². The number of rotatable bonds is 7. The van der Waals surface area contributed by atoms with E-state index in [9.17, 15) is 0 Å². The largest absolute Gasteiger partial charge is 0.339 e. The molecule has 0 aliphatic heterocycles. The van der Waals surface area contributed by atoms with Crippen LogP contribution in [0.1, 0.15) is 45.4 Å². The normalized spacial score (nSPS) is 13.4. The summed E-state index contributed by atoms with van der Waals surface area (Å²) in [4.78, 5) is 0. The zero-order valence-corrected chi connectivity index (χ0v) is 10.1. The Kier molecular flexibility index (Phi) is 7.45. The highest BCUT2D eigenvalue weighted by molar-refractivity contribution is 9.11. The first kappa shape index (κ1) is 14.1. The van der Waals surface area contributed by atoms with Gasteiger partial charge in [-0.05, 0) is 28.8 Å². The van der Waals surface area contributed by atoms with E-state index >= 15 is 0 Å². The van der Waals surface area contributed by atoms with Crippen molar-refractivity contribution in [3.63, 3.8) is 0 Å². The fourth-order valence-corrected chi connectivity index (χ4v) is 1.34. The molecule has 0 aliphatic rings. The summed E-state index contributed by atoms with van der Waals surface area (Å²) >= 11 is 2.89. The fourth-order valence-electron chi connectivity index (χ4n) is 1.11. The monoisotopic (exact) mass is 266 g/mol. The van der Waals surface area contributed by atoms with E-state index in [2.05, 4.69) is 22.9 Å². The lowest BCUT2D eigenvalue weighted by molar-refractivity contribution is -0.275. The summed E-state index contributed by atoms with van der Waals surface area (Å²) in [6, 6.07) is 0. The molecule has 14 heavy (non-hydrogen) atoms. The quantitative estimate of drug-likeness (QED) is 0.490. The molecule has 0 saturated carbocycles. The molecule has 3 N–H and O–H groups in total. The number of halogens is 1. The van der Waals surface area contributed by atoms with Gasteiger partial charge in [-0.2, -0.15) is 0 Å². The van der Waals surface area contributed by atoms with Gasteiger partial charge in [0.2, 0.25) is 0 Å². The molecule has 0 aromatic rings. The van der Waals surface area contributed by atoms with Crippen LogP contribution in [0.5, 0.6) is 0 Å². The van der Waals surface area contributed by atoms with Gasteiger partial charge in [0, 0.05) is 0 Å². The van der Waals surface area contributed by atoms with E-state index in [1.165, 1.54) is 19.3 Å². The Morgan fingerprint density at radius 1 is 1.14 bits per heavy atom. The van der Waals surface area contributed by atoms with Crippen LogP contribution in [0.25, 0.3) is 0 Å². The summed E-state index contributed by atoms with van der Waals surface area (Å²) in [5.41, 5.74) is 0. The van der Waals surface area contributed by atoms with Gasteiger partial charge in [-0.3, -0.25) is 0 Å². The Morgan fingerprint density at radius 2 is 1.71 bits per heavy atom. The summed E-state index contributed by atoms with van der Waals surface area (Å²) < 4.78 is 0.0143. The highest BCUT2D eigenvalue weighted by Gasteiger charge is 2.21. The van der Waals surface area contributed by atoms with Crippen molar-refractivity contribution < 1.29 is 15.3 Å². The first-order valence-corrected chi connectivity index (χ1v) is 5.81. The van der Waals surface area contributed by atoms with E-state index < -0.39 is 5.97 Å². The topological polar surface area (TPSA) is 60.7 Å². The molecule has 0 heterocycles. The molecule has 4 heteroatoms. The number of allylic oxidation sites excluding steroid dienone is 1. The van der Waals surface area contributed by atoms with E-state index in [0.717, 1.165) is 19.3 Å². The predicted octanol–water partition coefficient (Wildman–Crippen LogP) is 2.26. The second-order valence-corrected chi connectivity index (χ2v) is 4.24. The van der Waals surface area contributed by atoms with Gasteiger partial charge in [-0.25, -0.2) is 0 Å². The first-order chi connectivity index (χ1) is 6.48. The van der Waals surface area contributed by atoms with Gasteiger partial charge < -0.3 is 15.3 Å². The third kappa shape index (κ3) is 7.50.